The van der Waals surface area contributed by atoms with Crippen molar-refractivity contribution in [3.05, 3.63) is 88.4 Å². The fraction of sp³-hybridized carbons (Fsp3) is 0.240. The first-order valence-electron chi connectivity index (χ1n) is 10.6. The molecule has 0 aliphatic carbocycles. The van der Waals surface area contributed by atoms with Crippen molar-refractivity contribution in [1.82, 2.24) is 0 Å². The molecule has 0 heterocycles. The molecule has 9 heteroatoms. The summed E-state index contributed by atoms with van der Waals surface area (Å²) in [5, 5.41) is 0.346. The number of hydrogen-bond acceptors (Lipinski definition) is 3. The molecule has 3 aromatic carbocycles. The summed E-state index contributed by atoms with van der Waals surface area (Å²) in [6, 6.07) is 16.1. The van der Waals surface area contributed by atoms with Gasteiger partial charge in [-0.25, -0.2) is 8.42 Å². The largest absolute Gasteiger partial charge is 0.416 e. The van der Waals surface area contributed by atoms with E-state index in [4.69, 9.17) is 16.6 Å². The highest BCUT2D eigenvalue weighted by molar-refractivity contribution is 7.92. The predicted octanol–water partition coefficient (Wildman–Crippen LogP) is 7.58. The normalized spacial score (nSPS) is 12.6. The van der Waals surface area contributed by atoms with E-state index in [1.165, 1.54) is 30.3 Å². The molecule has 0 saturated heterocycles. The van der Waals surface area contributed by atoms with Crippen LogP contribution in [0.25, 0.3) is 0 Å². The summed E-state index contributed by atoms with van der Waals surface area (Å²) >= 11 is 5.82. The molecule has 180 valence electrons. The van der Waals surface area contributed by atoms with E-state index in [0.29, 0.717) is 29.8 Å². The van der Waals surface area contributed by atoms with Gasteiger partial charge in [-0.3, -0.25) is 9.71 Å². The topological polar surface area (TPSA) is 58.5 Å². The van der Waals surface area contributed by atoms with Crippen molar-refractivity contribution in [2.75, 3.05) is 4.72 Å². The Balaban J connectivity index is 1.92. The van der Waals surface area contributed by atoms with Crippen LogP contribution in [0.1, 0.15) is 36.5 Å². The molecule has 0 spiro atoms. The van der Waals surface area contributed by atoms with Crippen LogP contribution >= 0.6 is 11.6 Å². The van der Waals surface area contributed by atoms with Crippen LogP contribution in [-0.2, 0) is 22.6 Å². The van der Waals surface area contributed by atoms with Gasteiger partial charge in [0.2, 0.25) is 0 Å². The Morgan fingerprint density at radius 1 is 1.03 bits per heavy atom. The van der Waals surface area contributed by atoms with Crippen molar-refractivity contribution in [3.8, 4) is 0 Å². The van der Waals surface area contributed by atoms with Crippen LogP contribution in [0.4, 0.5) is 24.5 Å². The van der Waals surface area contributed by atoms with Crippen LogP contribution in [0.15, 0.2) is 76.6 Å². The lowest BCUT2D eigenvalue weighted by Gasteiger charge is -2.16. The molecule has 0 aromatic heterocycles. The fourth-order valence-corrected chi connectivity index (χ4v) is 4.55. The average molecular weight is 509 g/mol. The van der Waals surface area contributed by atoms with E-state index < -0.39 is 21.8 Å². The Hall–Kier alpha value is -2.84. The van der Waals surface area contributed by atoms with Crippen molar-refractivity contribution in [2.24, 2.45) is 4.99 Å². The summed E-state index contributed by atoms with van der Waals surface area (Å²) in [4.78, 5) is 4.59. The van der Waals surface area contributed by atoms with Crippen LogP contribution in [-0.4, -0.2) is 14.1 Å². The molecule has 4 nitrogen and oxygen atoms in total. The number of nitrogens with one attached hydrogen (secondary N) is 1. The molecule has 0 radical (unpaired) electrons. The van der Waals surface area contributed by atoms with Gasteiger partial charge < -0.3 is 0 Å². The predicted molar refractivity (Wildman–Crippen MR) is 131 cm³/mol. The third-order valence-electron chi connectivity index (χ3n) is 5.29. The molecule has 0 amide bonds. The highest BCUT2D eigenvalue weighted by atomic mass is 35.5. The highest BCUT2D eigenvalue weighted by Crippen LogP contribution is 2.33. The van der Waals surface area contributed by atoms with E-state index in [0.717, 1.165) is 29.1 Å². The number of nitrogens with zero attached hydrogens (tertiary/aromatic N) is 1. The second kappa shape index (κ2) is 10.6. The van der Waals surface area contributed by atoms with E-state index in [2.05, 4.69) is 4.72 Å². The highest BCUT2D eigenvalue weighted by Gasteiger charge is 2.31. The quantitative estimate of drug-likeness (QED) is 0.319. The average Bonchev–Trinajstić information content (AvgIpc) is 2.78. The van der Waals surface area contributed by atoms with Crippen molar-refractivity contribution in [3.63, 3.8) is 0 Å². The van der Waals surface area contributed by atoms with Gasteiger partial charge in [0.25, 0.3) is 10.0 Å². The van der Waals surface area contributed by atoms with Crippen molar-refractivity contribution < 1.29 is 21.6 Å². The standard InChI is InChI=1S/C25H24ClF3N2O2S/c1-3-21(30-23-7-5-4-6-17(23)2)13-9-18-8-10-19(25(27,28)29)16-24(18)31-34(32,33)22-14-11-20(26)12-15-22/h4-8,10-12,14-16,31H,3,9,13H2,1-2H3/b30-21-. The number of rotatable bonds is 8. The zero-order valence-corrected chi connectivity index (χ0v) is 20.2. The number of benzene rings is 3. The molecule has 3 aromatic rings. The zero-order chi connectivity index (χ0) is 24.9. The second-order valence-electron chi connectivity index (χ2n) is 7.75. The lowest BCUT2D eigenvalue weighted by Crippen LogP contribution is -2.16. The molecule has 0 aliphatic heterocycles. The van der Waals surface area contributed by atoms with Gasteiger partial charge in [0.1, 0.15) is 0 Å². The van der Waals surface area contributed by atoms with Crippen LogP contribution in [0.3, 0.4) is 0 Å². The number of aliphatic imine (C=N–C) groups is 1. The van der Waals surface area contributed by atoms with Crippen LogP contribution in [0.5, 0.6) is 0 Å². The lowest BCUT2D eigenvalue weighted by atomic mass is 10.0. The number of anilines is 1. The van der Waals surface area contributed by atoms with Crippen molar-refractivity contribution in [1.29, 1.82) is 0 Å². The van der Waals surface area contributed by atoms with Crippen molar-refractivity contribution in [2.45, 2.75) is 44.2 Å². The second-order valence-corrected chi connectivity index (χ2v) is 9.87. The summed E-state index contributed by atoms with van der Waals surface area (Å²) < 4.78 is 68.0. The maximum absolute atomic E-state index is 13.3. The van der Waals surface area contributed by atoms with E-state index in [-0.39, 0.29) is 10.6 Å². The summed E-state index contributed by atoms with van der Waals surface area (Å²) in [6.07, 6.45) is -3.18. The number of halogens is 4. The number of alkyl halides is 3. The van der Waals surface area contributed by atoms with Crippen LogP contribution < -0.4 is 4.72 Å². The molecule has 0 bridgehead atoms. The number of aryl methyl sites for hydroxylation is 2. The van der Waals surface area contributed by atoms with Gasteiger partial charge in [-0.1, -0.05) is 42.8 Å². The molecule has 0 fully saturated rings. The third-order valence-corrected chi connectivity index (χ3v) is 6.92. The Kier molecular flexibility index (Phi) is 8.05. The maximum Gasteiger partial charge on any atom is 0.416 e. The maximum atomic E-state index is 13.3. The minimum absolute atomic E-state index is 0.101. The molecular weight excluding hydrogens is 485 g/mol. The van der Waals surface area contributed by atoms with Gasteiger partial charge in [-0.15, -0.1) is 0 Å². The minimum atomic E-state index is -4.61. The SMILES string of the molecule is CC/C(CCc1ccc(C(F)(F)F)cc1NS(=O)(=O)c1ccc(Cl)cc1)=N/c1ccccc1C. The monoisotopic (exact) mass is 508 g/mol. The van der Waals surface area contributed by atoms with Gasteiger partial charge in [0.15, 0.2) is 0 Å². The molecule has 0 atom stereocenters. The first-order valence-corrected chi connectivity index (χ1v) is 12.5. The van der Waals surface area contributed by atoms with Crippen LogP contribution in [0.2, 0.25) is 5.02 Å². The molecule has 0 unspecified atom stereocenters. The Morgan fingerprint density at radius 2 is 1.71 bits per heavy atom. The third kappa shape index (κ3) is 6.61. The van der Waals surface area contributed by atoms with Crippen molar-refractivity contribution >= 4 is 38.7 Å². The molecule has 1 N–H and O–H groups in total. The lowest BCUT2D eigenvalue weighted by molar-refractivity contribution is -0.137. The van der Waals surface area contributed by atoms with Gasteiger partial charge in [-0.05, 0) is 79.8 Å². The van der Waals surface area contributed by atoms with Gasteiger partial charge in [-0.2, -0.15) is 13.2 Å². The van der Waals surface area contributed by atoms with Crippen LogP contribution in [0, 0.1) is 6.92 Å². The number of hydrogen-bond donors (Lipinski definition) is 1. The molecule has 34 heavy (non-hydrogen) atoms. The van der Waals surface area contributed by atoms with Gasteiger partial charge in [0, 0.05) is 10.7 Å². The minimum Gasteiger partial charge on any atom is -0.279 e. The first-order chi connectivity index (χ1) is 16.0. The summed E-state index contributed by atoms with van der Waals surface area (Å²) in [5.41, 5.74) is 2.09. The molecular formula is C25H24ClF3N2O2S. The van der Waals surface area contributed by atoms with E-state index in [1.54, 1.807) is 0 Å². The Labute approximate surface area is 202 Å². The first kappa shape index (κ1) is 25.8. The number of sulfonamides is 1. The summed E-state index contributed by atoms with van der Waals surface area (Å²) in [5.74, 6) is 0. The van der Waals surface area contributed by atoms with Gasteiger partial charge in [0.05, 0.1) is 21.8 Å². The Bertz CT molecular complexity index is 1290. The van der Waals surface area contributed by atoms with Gasteiger partial charge >= 0.3 is 6.18 Å². The fourth-order valence-electron chi connectivity index (χ4n) is 3.33. The molecule has 3 rings (SSSR count). The molecule has 0 aliphatic rings. The van der Waals surface area contributed by atoms with E-state index in [9.17, 15) is 21.6 Å². The molecule has 0 saturated carbocycles. The van der Waals surface area contributed by atoms with E-state index >= 15 is 0 Å². The van der Waals surface area contributed by atoms with E-state index in [1.807, 2.05) is 38.1 Å². The smallest absolute Gasteiger partial charge is 0.279 e. The zero-order valence-electron chi connectivity index (χ0n) is 18.7. The number of para-hydroxylation sites is 1. The summed E-state index contributed by atoms with van der Waals surface area (Å²) in [7, 11) is -4.12. The summed E-state index contributed by atoms with van der Waals surface area (Å²) in [6.45, 7) is 3.90. The Morgan fingerprint density at radius 3 is 2.32 bits per heavy atom.